The highest BCUT2D eigenvalue weighted by molar-refractivity contribution is 6.31. The van der Waals surface area contributed by atoms with Crippen molar-refractivity contribution in [2.75, 3.05) is 16.5 Å². The average Bonchev–Trinajstić information content (AvgIpc) is 3.17. The van der Waals surface area contributed by atoms with E-state index in [1.165, 1.54) is 5.01 Å². The third kappa shape index (κ3) is 2.61. The summed E-state index contributed by atoms with van der Waals surface area (Å²) in [5, 5.41) is 9.98. The number of ether oxygens (including phenoxy) is 1. The van der Waals surface area contributed by atoms with Gasteiger partial charge in [0.05, 0.1) is 18.0 Å². The van der Waals surface area contributed by atoms with Crippen molar-refractivity contribution >= 4 is 34.8 Å². The third-order valence-corrected chi connectivity index (χ3v) is 4.50. The summed E-state index contributed by atoms with van der Waals surface area (Å²) < 4.78 is 5.42. The summed E-state index contributed by atoms with van der Waals surface area (Å²) in [6, 6.07) is 12.1. The van der Waals surface area contributed by atoms with Crippen molar-refractivity contribution in [1.29, 1.82) is 0 Å². The highest BCUT2D eigenvalue weighted by Crippen LogP contribution is 2.35. The average molecular weight is 371 g/mol. The van der Waals surface area contributed by atoms with Crippen molar-refractivity contribution in [2.24, 2.45) is 10.3 Å². The van der Waals surface area contributed by atoms with E-state index in [9.17, 15) is 9.59 Å². The standard InChI is InChI=1S/C18H15ClN4O3/c1-2-26-14-8-6-12(7-9-14)23-16-15(20-21-23)17(24)22(18(16)25)13-5-3-4-11(19)10-13/h3-10,15-16H,2H2,1H3/t15-,16+/m1/s1. The van der Waals surface area contributed by atoms with Crippen molar-refractivity contribution in [2.45, 2.75) is 19.0 Å². The van der Waals surface area contributed by atoms with Crippen LogP contribution in [0.1, 0.15) is 6.92 Å². The number of nitrogens with zero attached hydrogens (tertiary/aromatic N) is 4. The van der Waals surface area contributed by atoms with Gasteiger partial charge in [0.15, 0.2) is 12.1 Å². The first-order valence-corrected chi connectivity index (χ1v) is 8.54. The van der Waals surface area contributed by atoms with Crippen LogP contribution in [0.4, 0.5) is 11.4 Å². The first kappa shape index (κ1) is 16.5. The highest BCUT2D eigenvalue weighted by atomic mass is 35.5. The first-order valence-electron chi connectivity index (χ1n) is 8.16. The van der Waals surface area contributed by atoms with Crippen LogP contribution in [-0.2, 0) is 9.59 Å². The lowest BCUT2D eigenvalue weighted by molar-refractivity contribution is -0.121. The Morgan fingerprint density at radius 3 is 2.54 bits per heavy atom. The fraction of sp³-hybridized carbons (Fsp3) is 0.222. The molecule has 0 aromatic heterocycles. The van der Waals surface area contributed by atoms with Gasteiger partial charge in [-0.05, 0) is 49.4 Å². The van der Waals surface area contributed by atoms with Gasteiger partial charge in [-0.2, -0.15) is 5.11 Å². The molecule has 1 saturated heterocycles. The second kappa shape index (κ2) is 6.42. The van der Waals surface area contributed by atoms with Crippen LogP contribution in [0.15, 0.2) is 58.9 Å². The maximum Gasteiger partial charge on any atom is 0.263 e. The number of hydrogen-bond donors (Lipinski definition) is 0. The molecule has 2 amide bonds. The quantitative estimate of drug-likeness (QED) is 0.774. The number of anilines is 2. The molecule has 2 atom stereocenters. The van der Waals surface area contributed by atoms with Gasteiger partial charge < -0.3 is 4.74 Å². The zero-order valence-corrected chi connectivity index (χ0v) is 14.6. The first-order chi connectivity index (χ1) is 12.6. The van der Waals surface area contributed by atoms with Crippen LogP contribution in [-0.4, -0.2) is 30.5 Å². The summed E-state index contributed by atoms with van der Waals surface area (Å²) in [7, 11) is 0. The Bertz CT molecular complexity index is 900. The molecule has 0 bridgehead atoms. The molecule has 4 rings (SSSR count). The van der Waals surface area contributed by atoms with E-state index in [0.717, 1.165) is 10.6 Å². The molecule has 2 aromatic rings. The largest absolute Gasteiger partial charge is 0.494 e. The molecule has 1 fully saturated rings. The predicted octanol–water partition coefficient (Wildman–Crippen LogP) is 3.24. The van der Waals surface area contributed by atoms with Crippen LogP contribution >= 0.6 is 11.6 Å². The molecule has 7 nitrogen and oxygen atoms in total. The number of carbonyl (C=O) groups excluding carboxylic acids is 2. The van der Waals surface area contributed by atoms with E-state index < -0.39 is 18.0 Å². The monoisotopic (exact) mass is 370 g/mol. The van der Waals surface area contributed by atoms with Crippen LogP contribution in [0.2, 0.25) is 5.02 Å². The van der Waals surface area contributed by atoms with Gasteiger partial charge in [0.25, 0.3) is 11.8 Å². The highest BCUT2D eigenvalue weighted by Gasteiger charge is 2.55. The maximum absolute atomic E-state index is 12.9. The van der Waals surface area contributed by atoms with Crippen LogP contribution in [0.3, 0.4) is 0 Å². The number of carbonyl (C=O) groups is 2. The smallest absolute Gasteiger partial charge is 0.263 e. The molecule has 132 valence electrons. The van der Waals surface area contributed by atoms with Gasteiger partial charge in [0, 0.05) is 5.02 Å². The molecule has 0 radical (unpaired) electrons. The van der Waals surface area contributed by atoms with Gasteiger partial charge in [-0.15, -0.1) is 0 Å². The summed E-state index contributed by atoms with van der Waals surface area (Å²) >= 11 is 5.99. The lowest BCUT2D eigenvalue weighted by Gasteiger charge is -2.20. The van der Waals surface area contributed by atoms with Gasteiger partial charge in [-0.25, -0.2) is 9.91 Å². The summed E-state index contributed by atoms with van der Waals surface area (Å²) in [5.41, 5.74) is 1.10. The number of rotatable bonds is 4. The van der Waals surface area contributed by atoms with Gasteiger partial charge >= 0.3 is 0 Å². The Kier molecular flexibility index (Phi) is 4.08. The molecule has 0 N–H and O–H groups in total. The summed E-state index contributed by atoms with van der Waals surface area (Å²) in [6.45, 7) is 2.47. The number of hydrogen-bond acceptors (Lipinski definition) is 6. The van der Waals surface area contributed by atoms with Gasteiger partial charge in [0.1, 0.15) is 5.75 Å². The van der Waals surface area contributed by atoms with E-state index in [1.54, 1.807) is 48.5 Å². The van der Waals surface area contributed by atoms with Crippen molar-refractivity contribution in [3.8, 4) is 5.75 Å². The van der Waals surface area contributed by atoms with E-state index in [0.29, 0.717) is 23.0 Å². The minimum absolute atomic E-state index is 0.374. The van der Waals surface area contributed by atoms with E-state index >= 15 is 0 Å². The molecule has 0 unspecified atom stereocenters. The molecule has 8 heteroatoms. The predicted molar refractivity (Wildman–Crippen MR) is 96.5 cm³/mol. The van der Waals surface area contributed by atoms with Crippen LogP contribution in [0.25, 0.3) is 0 Å². The molecule has 2 heterocycles. The van der Waals surface area contributed by atoms with Crippen molar-refractivity contribution < 1.29 is 14.3 Å². The fourth-order valence-electron chi connectivity index (χ4n) is 3.10. The molecular weight excluding hydrogens is 356 g/mol. The Morgan fingerprint density at radius 2 is 1.85 bits per heavy atom. The van der Waals surface area contributed by atoms with Crippen LogP contribution < -0.4 is 14.6 Å². The molecular formula is C18H15ClN4O3. The lowest BCUT2D eigenvalue weighted by atomic mass is 10.1. The van der Waals surface area contributed by atoms with Crippen LogP contribution in [0.5, 0.6) is 5.75 Å². The van der Waals surface area contributed by atoms with E-state index in [1.807, 2.05) is 6.92 Å². The minimum Gasteiger partial charge on any atom is -0.494 e. The normalized spacial score (nSPS) is 21.5. The molecule has 2 aliphatic rings. The Morgan fingerprint density at radius 1 is 1.08 bits per heavy atom. The summed E-state index contributed by atoms with van der Waals surface area (Å²) in [4.78, 5) is 26.8. The zero-order valence-electron chi connectivity index (χ0n) is 13.9. The second-order valence-electron chi connectivity index (χ2n) is 5.86. The van der Waals surface area contributed by atoms with Crippen molar-refractivity contribution in [3.05, 3.63) is 53.6 Å². The Balaban J connectivity index is 1.64. The molecule has 0 spiro atoms. The Labute approximate surface area is 154 Å². The second-order valence-corrected chi connectivity index (χ2v) is 6.29. The Hall–Kier alpha value is -2.93. The van der Waals surface area contributed by atoms with E-state index in [2.05, 4.69) is 10.3 Å². The van der Waals surface area contributed by atoms with E-state index in [4.69, 9.17) is 16.3 Å². The maximum atomic E-state index is 12.9. The molecule has 2 aromatic carbocycles. The van der Waals surface area contributed by atoms with Crippen LogP contribution in [0, 0.1) is 0 Å². The topological polar surface area (TPSA) is 74.6 Å². The minimum atomic E-state index is -0.854. The van der Waals surface area contributed by atoms with E-state index in [-0.39, 0.29) is 5.91 Å². The molecule has 26 heavy (non-hydrogen) atoms. The summed E-state index contributed by atoms with van der Waals surface area (Å²) in [5.74, 6) is -0.0566. The molecule has 0 aliphatic carbocycles. The molecule has 0 saturated carbocycles. The third-order valence-electron chi connectivity index (χ3n) is 4.26. The SMILES string of the molecule is CCOc1ccc(N2N=N[C@H]3C(=O)N(c4cccc(Cl)c4)C(=O)[C@H]32)cc1. The van der Waals surface area contributed by atoms with Crippen molar-refractivity contribution in [1.82, 2.24) is 0 Å². The zero-order chi connectivity index (χ0) is 18.3. The summed E-state index contributed by atoms with van der Waals surface area (Å²) in [6.07, 6.45) is 0. The van der Waals surface area contributed by atoms with Gasteiger partial charge in [-0.1, -0.05) is 22.9 Å². The van der Waals surface area contributed by atoms with Gasteiger partial charge in [0.2, 0.25) is 0 Å². The van der Waals surface area contributed by atoms with Crippen molar-refractivity contribution in [3.63, 3.8) is 0 Å². The number of fused-ring (bicyclic) bond motifs is 1. The number of imide groups is 1. The number of benzene rings is 2. The lowest BCUT2D eigenvalue weighted by Crippen LogP contribution is -2.39. The fourth-order valence-corrected chi connectivity index (χ4v) is 3.29. The molecule has 2 aliphatic heterocycles. The number of halogens is 1. The number of amides is 2. The van der Waals surface area contributed by atoms with Gasteiger partial charge in [-0.3, -0.25) is 9.59 Å².